The van der Waals surface area contributed by atoms with Crippen molar-refractivity contribution in [3.63, 3.8) is 0 Å². The molecule has 0 aromatic heterocycles. The standard InChI is InChI=1S/C16H29N3O2/c1-3-16(4-2,11-17)15(21)19-9-7-13(8-10-19)18-14(20)12-5-6-12/h12-13H,3-11,17H2,1-2H3,(H,18,20). The van der Waals surface area contributed by atoms with E-state index >= 15 is 0 Å². The van der Waals surface area contributed by atoms with E-state index in [1.165, 1.54) is 0 Å². The number of nitrogens with one attached hydrogen (secondary N) is 1. The van der Waals surface area contributed by atoms with Crippen molar-refractivity contribution in [3.05, 3.63) is 0 Å². The fraction of sp³-hybridized carbons (Fsp3) is 0.875. The average Bonchev–Trinajstić information content (AvgIpc) is 3.35. The first-order chi connectivity index (χ1) is 10.1. The highest BCUT2D eigenvalue weighted by atomic mass is 16.2. The largest absolute Gasteiger partial charge is 0.353 e. The normalized spacial score (nSPS) is 20.4. The Kier molecular flexibility index (Phi) is 5.25. The number of nitrogens with two attached hydrogens (primary N) is 1. The van der Waals surface area contributed by atoms with Crippen molar-refractivity contribution in [2.75, 3.05) is 19.6 Å². The molecule has 2 amide bonds. The number of amides is 2. The van der Waals surface area contributed by atoms with Gasteiger partial charge < -0.3 is 16.0 Å². The van der Waals surface area contributed by atoms with Gasteiger partial charge in [0.25, 0.3) is 0 Å². The lowest BCUT2D eigenvalue weighted by Crippen LogP contribution is -2.52. The Morgan fingerprint density at radius 3 is 2.14 bits per heavy atom. The van der Waals surface area contributed by atoms with Gasteiger partial charge in [0, 0.05) is 31.6 Å². The van der Waals surface area contributed by atoms with E-state index in [4.69, 9.17) is 5.73 Å². The first kappa shape index (κ1) is 16.3. The van der Waals surface area contributed by atoms with Crippen LogP contribution in [0, 0.1) is 11.3 Å². The van der Waals surface area contributed by atoms with Crippen LogP contribution in [0.15, 0.2) is 0 Å². The van der Waals surface area contributed by atoms with Gasteiger partial charge in [-0.15, -0.1) is 0 Å². The molecule has 1 aliphatic heterocycles. The molecule has 0 radical (unpaired) electrons. The van der Waals surface area contributed by atoms with E-state index in [0.29, 0.717) is 6.54 Å². The molecule has 5 heteroatoms. The van der Waals surface area contributed by atoms with Crippen LogP contribution >= 0.6 is 0 Å². The molecule has 5 nitrogen and oxygen atoms in total. The molecule has 1 saturated heterocycles. The summed E-state index contributed by atoms with van der Waals surface area (Å²) in [5.74, 6) is 0.662. The summed E-state index contributed by atoms with van der Waals surface area (Å²) in [5.41, 5.74) is 5.47. The summed E-state index contributed by atoms with van der Waals surface area (Å²) in [6.07, 6.45) is 5.37. The minimum absolute atomic E-state index is 0.196. The lowest BCUT2D eigenvalue weighted by Gasteiger charge is -2.39. The highest BCUT2D eigenvalue weighted by Gasteiger charge is 2.38. The van der Waals surface area contributed by atoms with Gasteiger partial charge in [-0.2, -0.15) is 0 Å². The van der Waals surface area contributed by atoms with E-state index in [-0.39, 0.29) is 23.8 Å². The topological polar surface area (TPSA) is 75.4 Å². The van der Waals surface area contributed by atoms with Crippen molar-refractivity contribution in [2.45, 2.75) is 58.4 Å². The molecular formula is C16H29N3O2. The monoisotopic (exact) mass is 295 g/mol. The van der Waals surface area contributed by atoms with Crippen molar-refractivity contribution in [3.8, 4) is 0 Å². The zero-order chi connectivity index (χ0) is 15.5. The van der Waals surface area contributed by atoms with E-state index in [9.17, 15) is 9.59 Å². The summed E-state index contributed by atoms with van der Waals surface area (Å²) in [6, 6.07) is 0.234. The van der Waals surface area contributed by atoms with Gasteiger partial charge in [0.05, 0.1) is 5.41 Å². The summed E-state index contributed by atoms with van der Waals surface area (Å²) in [4.78, 5) is 26.4. The highest BCUT2D eigenvalue weighted by Crippen LogP contribution is 2.31. The van der Waals surface area contributed by atoms with Crippen molar-refractivity contribution in [2.24, 2.45) is 17.1 Å². The molecule has 0 spiro atoms. The summed E-state index contributed by atoms with van der Waals surface area (Å²) >= 11 is 0. The third kappa shape index (κ3) is 3.57. The number of rotatable bonds is 6. The predicted octanol–water partition coefficient (Wildman–Crippen LogP) is 1.27. The van der Waals surface area contributed by atoms with Crippen molar-refractivity contribution >= 4 is 11.8 Å². The number of hydrogen-bond donors (Lipinski definition) is 2. The van der Waals surface area contributed by atoms with Crippen LogP contribution in [0.4, 0.5) is 0 Å². The summed E-state index contributed by atoms with van der Waals surface area (Å²) in [5, 5.41) is 3.12. The first-order valence-corrected chi connectivity index (χ1v) is 8.36. The van der Waals surface area contributed by atoms with Crippen molar-refractivity contribution in [1.29, 1.82) is 0 Å². The smallest absolute Gasteiger partial charge is 0.230 e. The van der Waals surface area contributed by atoms with Crippen LogP contribution in [-0.2, 0) is 9.59 Å². The maximum Gasteiger partial charge on any atom is 0.230 e. The first-order valence-electron chi connectivity index (χ1n) is 8.36. The fourth-order valence-corrected chi connectivity index (χ4v) is 3.16. The van der Waals surface area contributed by atoms with Gasteiger partial charge in [-0.25, -0.2) is 0 Å². The van der Waals surface area contributed by atoms with E-state index in [2.05, 4.69) is 5.32 Å². The van der Waals surface area contributed by atoms with Gasteiger partial charge in [-0.1, -0.05) is 13.8 Å². The van der Waals surface area contributed by atoms with Gasteiger partial charge in [-0.3, -0.25) is 9.59 Å². The zero-order valence-corrected chi connectivity index (χ0v) is 13.4. The predicted molar refractivity (Wildman–Crippen MR) is 82.5 cm³/mol. The molecule has 0 atom stereocenters. The molecule has 1 saturated carbocycles. The SMILES string of the molecule is CCC(CC)(CN)C(=O)N1CCC(NC(=O)C2CC2)CC1. The van der Waals surface area contributed by atoms with Crippen LogP contribution in [0.1, 0.15) is 52.4 Å². The molecule has 0 aromatic rings. The minimum Gasteiger partial charge on any atom is -0.353 e. The Balaban J connectivity index is 1.84. The van der Waals surface area contributed by atoms with Crippen LogP contribution in [0.5, 0.6) is 0 Å². The molecule has 0 bridgehead atoms. The molecule has 2 fully saturated rings. The maximum absolute atomic E-state index is 12.7. The number of likely N-dealkylation sites (tertiary alicyclic amines) is 1. The van der Waals surface area contributed by atoms with Crippen molar-refractivity contribution in [1.82, 2.24) is 10.2 Å². The Labute approximate surface area is 127 Å². The van der Waals surface area contributed by atoms with Crippen LogP contribution in [-0.4, -0.2) is 42.4 Å². The van der Waals surface area contributed by atoms with Crippen LogP contribution in [0.2, 0.25) is 0 Å². The minimum atomic E-state index is -0.399. The third-order valence-corrected chi connectivity index (χ3v) is 5.27. The van der Waals surface area contributed by atoms with Gasteiger partial charge >= 0.3 is 0 Å². The fourth-order valence-electron chi connectivity index (χ4n) is 3.16. The van der Waals surface area contributed by atoms with E-state index in [0.717, 1.165) is 51.6 Å². The molecule has 2 rings (SSSR count). The third-order valence-electron chi connectivity index (χ3n) is 5.27. The Morgan fingerprint density at radius 1 is 1.14 bits per heavy atom. The molecule has 2 aliphatic rings. The van der Waals surface area contributed by atoms with Gasteiger partial charge in [0.1, 0.15) is 0 Å². The lowest BCUT2D eigenvalue weighted by molar-refractivity contribution is -0.143. The van der Waals surface area contributed by atoms with Crippen LogP contribution in [0.25, 0.3) is 0 Å². The quantitative estimate of drug-likeness (QED) is 0.775. The van der Waals surface area contributed by atoms with Crippen LogP contribution in [0.3, 0.4) is 0 Å². The number of carbonyl (C=O) groups excluding carboxylic acids is 2. The molecule has 1 aliphatic carbocycles. The average molecular weight is 295 g/mol. The van der Waals surface area contributed by atoms with E-state index < -0.39 is 5.41 Å². The van der Waals surface area contributed by atoms with Gasteiger partial charge in [0.15, 0.2) is 0 Å². The number of nitrogens with zero attached hydrogens (tertiary/aromatic N) is 1. The number of hydrogen-bond acceptors (Lipinski definition) is 3. The molecule has 0 unspecified atom stereocenters. The van der Waals surface area contributed by atoms with Crippen molar-refractivity contribution < 1.29 is 9.59 Å². The van der Waals surface area contributed by atoms with Gasteiger partial charge in [0.2, 0.25) is 11.8 Å². The zero-order valence-electron chi connectivity index (χ0n) is 13.4. The molecular weight excluding hydrogens is 266 g/mol. The molecule has 0 aromatic carbocycles. The van der Waals surface area contributed by atoms with Gasteiger partial charge in [-0.05, 0) is 38.5 Å². The molecule has 3 N–H and O–H groups in total. The summed E-state index contributed by atoms with van der Waals surface area (Å²) in [6.45, 7) is 5.96. The maximum atomic E-state index is 12.7. The summed E-state index contributed by atoms with van der Waals surface area (Å²) in [7, 11) is 0. The number of carbonyl (C=O) groups is 2. The second-order valence-corrected chi connectivity index (χ2v) is 6.54. The second-order valence-electron chi connectivity index (χ2n) is 6.54. The Bertz CT molecular complexity index is 373. The summed E-state index contributed by atoms with van der Waals surface area (Å²) < 4.78 is 0. The highest BCUT2D eigenvalue weighted by molar-refractivity contribution is 5.83. The Morgan fingerprint density at radius 2 is 1.71 bits per heavy atom. The van der Waals surface area contributed by atoms with Crippen LogP contribution < -0.4 is 11.1 Å². The molecule has 1 heterocycles. The van der Waals surface area contributed by atoms with E-state index in [1.807, 2.05) is 18.7 Å². The molecule has 120 valence electrons. The Hall–Kier alpha value is -1.10. The van der Waals surface area contributed by atoms with E-state index in [1.54, 1.807) is 0 Å². The molecule has 21 heavy (non-hydrogen) atoms. The number of piperidine rings is 1. The second kappa shape index (κ2) is 6.77. The lowest BCUT2D eigenvalue weighted by atomic mass is 9.80.